The van der Waals surface area contributed by atoms with E-state index >= 15 is 0 Å². The third-order valence-corrected chi connectivity index (χ3v) is 12.3. The van der Waals surface area contributed by atoms with Crippen molar-refractivity contribution in [3.05, 3.63) is 118 Å². The van der Waals surface area contributed by atoms with Crippen LogP contribution in [-0.2, 0) is 0 Å². The molecule has 0 saturated carbocycles. The van der Waals surface area contributed by atoms with Crippen molar-refractivity contribution >= 4 is 78.5 Å². The van der Waals surface area contributed by atoms with Gasteiger partial charge in [0.25, 0.3) is 13.4 Å². The lowest BCUT2D eigenvalue weighted by Gasteiger charge is -2.37. The van der Waals surface area contributed by atoms with Crippen molar-refractivity contribution in [2.45, 2.75) is 41.5 Å². The van der Waals surface area contributed by atoms with Crippen LogP contribution in [0.25, 0.3) is 54.6 Å². The molecule has 0 bridgehead atoms. The van der Waals surface area contributed by atoms with Gasteiger partial charge in [0.05, 0.1) is 0 Å². The molecule has 0 amide bonds. The van der Waals surface area contributed by atoms with E-state index in [0.29, 0.717) is 0 Å². The number of ether oxygens (including phenoxy) is 2. The number of aryl methyl sites for hydroxylation is 6. The van der Waals surface area contributed by atoms with Crippen molar-refractivity contribution in [2.75, 3.05) is 0 Å². The molecule has 4 aliphatic rings. The van der Waals surface area contributed by atoms with Gasteiger partial charge in [-0.3, -0.25) is 0 Å². The quantitative estimate of drug-likeness (QED) is 0.126. The maximum atomic E-state index is 6.74. The van der Waals surface area contributed by atoms with Gasteiger partial charge in [-0.1, -0.05) is 71.6 Å². The Balaban J connectivity index is 1.29. The lowest BCUT2D eigenvalue weighted by Crippen LogP contribution is -2.58. The van der Waals surface area contributed by atoms with E-state index in [1.54, 1.807) is 0 Å². The summed E-state index contributed by atoms with van der Waals surface area (Å²) in [6.07, 6.45) is 0. The molecule has 50 heavy (non-hydrogen) atoms. The number of benzene rings is 8. The van der Waals surface area contributed by atoms with Crippen LogP contribution in [0.3, 0.4) is 0 Å². The molecule has 4 heterocycles. The Morgan fingerprint density at radius 3 is 1.22 bits per heavy atom. The number of fused-ring (bicyclic) bond motifs is 8. The van der Waals surface area contributed by atoms with Crippen molar-refractivity contribution in [3.8, 4) is 45.3 Å². The average molecular weight is 638 g/mol. The summed E-state index contributed by atoms with van der Waals surface area (Å²) in [6.45, 7) is 13.6. The van der Waals surface area contributed by atoms with E-state index in [-0.39, 0.29) is 13.4 Å². The van der Waals surface area contributed by atoms with Crippen molar-refractivity contribution in [3.63, 3.8) is 0 Å². The third kappa shape index (κ3) is 3.15. The van der Waals surface area contributed by atoms with Gasteiger partial charge in [-0.15, -0.1) is 0 Å². The van der Waals surface area contributed by atoms with E-state index < -0.39 is 0 Å². The maximum Gasteiger partial charge on any atom is 0.252 e. The molecule has 234 valence electrons. The van der Waals surface area contributed by atoms with E-state index in [0.717, 1.165) is 23.0 Å². The third-order valence-electron chi connectivity index (χ3n) is 12.3. The summed E-state index contributed by atoms with van der Waals surface area (Å²) in [5, 5.41) is 8.36. The van der Waals surface area contributed by atoms with Crippen LogP contribution in [0.4, 0.5) is 0 Å². The van der Waals surface area contributed by atoms with E-state index in [2.05, 4.69) is 126 Å². The van der Waals surface area contributed by atoms with Crippen LogP contribution in [0.1, 0.15) is 33.4 Å². The summed E-state index contributed by atoms with van der Waals surface area (Å²) in [7, 11) is 0. The molecule has 2 nitrogen and oxygen atoms in total. The molecular formula is C46H32B2O2. The van der Waals surface area contributed by atoms with Gasteiger partial charge in [0.1, 0.15) is 23.0 Å². The van der Waals surface area contributed by atoms with Gasteiger partial charge in [-0.05, 0) is 176 Å². The molecule has 0 aromatic heterocycles. The van der Waals surface area contributed by atoms with Gasteiger partial charge in [0.15, 0.2) is 0 Å². The fourth-order valence-corrected chi connectivity index (χ4v) is 10.4. The Morgan fingerprint density at radius 2 is 0.780 bits per heavy atom. The van der Waals surface area contributed by atoms with Crippen LogP contribution in [0.15, 0.2) is 84.9 Å². The van der Waals surface area contributed by atoms with Gasteiger partial charge >= 0.3 is 0 Å². The fraction of sp³-hybridized carbons (Fsp3) is 0.130. The average Bonchev–Trinajstić information content (AvgIpc) is 3.08. The summed E-state index contributed by atoms with van der Waals surface area (Å²) in [6, 6.07) is 32.9. The molecule has 0 spiro atoms. The van der Waals surface area contributed by atoms with Crippen LogP contribution in [0.2, 0.25) is 0 Å². The van der Waals surface area contributed by atoms with Crippen molar-refractivity contribution in [2.24, 2.45) is 0 Å². The minimum atomic E-state index is 0.106. The summed E-state index contributed by atoms with van der Waals surface area (Å²) < 4.78 is 13.5. The van der Waals surface area contributed by atoms with Crippen molar-refractivity contribution in [1.29, 1.82) is 0 Å². The molecule has 4 aliphatic heterocycles. The molecule has 0 aliphatic carbocycles. The largest absolute Gasteiger partial charge is 0.458 e. The van der Waals surface area contributed by atoms with Gasteiger partial charge < -0.3 is 9.47 Å². The first-order valence-electron chi connectivity index (χ1n) is 17.9. The molecule has 0 atom stereocenters. The first-order chi connectivity index (χ1) is 24.2. The van der Waals surface area contributed by atoms with Crippen LogP contribution in [0.5, 0.6) is 23.0 Å². The number of hydrogen-bond donors (Lipinski definition) is 0. The van der Waals surface area contributed by atoms with E-state index in [1.807, 2.05) is 0 Å². The topological polar surface area (TPSA) is 18.5 Å². The predicted molar refractivity (Wildman–Crippen MR) is 212 cm³/mol. The van der Waals surface area contributed by atoms with Crippen LogP contribution in [0, 0.1) is 41.5 Å². The fourth-order valence-electron chi connectivity index (χ4n) is 10.4. The first-order valence-corrected chi connectivity index (χ1v) is 17.9. The summed E-state index contributed by atoms with van der Waals surface area (Å²) in [5.41, 5.74) is 20.8. The lowest BCUT2D eigenvalue weighted by atomic mass is 9.31. The van der Waals surface area contributed by atoms with Crippen LogP contribution in [-0.4, -0.2) is 13.4 Å². The highest BCUT2D eigenvalue weighted by Crippen LogP contribution is 2.48. The van der Waals surface area contributed by atoms with E-state index in [9.17, 15) is 0 Å². The number of rotatable bonds is 0. The van der Waals surface area contributed by atoms with Crippen LogP contribution < -0.4 is 42.3 Å². The van der Waals surface area contributed by atoms with Crippen molar-refractivity contribution < 1.29 is 9.47 Å². The Morgan fingerprint density at radius 1 is 0.360 bits per heavy atom. The van der Waals surface area contributed by atoms with Gasteiger partial charge in [-0.2, -0.15) is 0 Å². The minimum Gasteiger partial charge on any atom is -0.458 e. The predicted octanol–water partition coefficient (Wildman–Crippen LogP) is 7.64. The summed E-state index contributed by atoms with van der Waals surface area (Å²) in [4.78, 5) is 0. The van der Waals surface area contributed by atoms with Gasteiger partial charge in [0.2, 0.25) is 0 Å². The molecule has 4 heteroatoms. The molecule has 0 N–H and O–H groups in total. The Hall–Kier alpha value is -5.47. The molecule has 8 aromatic carbocycles. The standard InChI is InChI=1S/C46H32B2O2/c1-21-7-9-33-37(13-21)49-39-15-23(3)11-31-29-17-26(6)28-20-36-42-30(18-25(5)27-19-35(47(33)45(31)39)41(29)43(28)44(27)42)32-12-24(4)16-40-46(32)48(36)34-10-8-22(2)14-38(34)50-40/h7-20H,1-6H3. The van der Waals surface area contributed by atoms with Crippen LogP contribution >= 0.6 is 0 Å². The molecule has 0 fully saturated rings. The highest BCUT2D eigenvalue weighted by Gasteiger charge is 2.43. The minimum absolute atomic E-state index is 0.106. The molecule has 0 saturated heterocycles. The second-order valence-corrected chi connectivity index (χ2v) is 15.6. The number of hydrogen-bond acceptors (Lipinski definition) is 2. The van der Waals surface area contributed by atoms with E-state index in [4.69, 9.17) is 9.47 Å². The highest BCUT2D eigenvalue weighted by molar-refractivity contribution is 7.01. The molecule has 8 aromatic rings. The Kier molecular flexibility index (Phi) is 4.82. The smallest absolute Gasteiger partial charge is 0.252 e. The molecule has 0 radical (unpaired) electrons. The lowest BCUT2D eigenvalue weighted by molar-refractivity contribution is 0.486. The SMILES string of the molecule is Cc1ccc2c(c1)Oc1cc(C)cc3c1B2c1cc2c(C)cc4c5c(cc6c(C)cc-3c1c6c25)B1c2ccc(C)cc2Oc2cc(C)cc-4c21. The molecular weight excluding hydrogens is 606 g/mol. The van der Waals surface area contributed by atoms with Gasteiger partial charge in [-0.25, -0.2) is 0 Å². The monoisotopic (exact) mass is 638 g/mol. The second kappa shape index (κ2) is 8.81. The Labute approximate surface area is 292 Å². The van der Waals surface area contributed by atoms with E-state index in [1.165, 1.54) is 121 Å². The second-order valence-electron chi connectivity index (χ2n) is 15.6. The normalized spacial score (nSPS) is 14.0. The zero-order valence-corrected chi connectivity index (χ0v) is 29.1. The molecule has 12 rings (SSSR count). The van der Waals surface area contributed by atoms with Crippen molar-refractivity contribution in [1.82, 2.24) is 0 Å². The summed E-state index contributed by atoms with van der Waals surface area (Å²) in [5.74, 6) is 3.96. The zero-order chi connectivity index (χ0) is 33.5. The maximum absolute atomic E-state index is 6.74. The van der Waals surface area contributed by atoms with Gasteiger partial charge in [0, 0.05) is 0 Å². The highest BCUT2D eigenvalue weighted by atomic mass is 16.5. The summed E-state index contributed by atoms with van der Waals surface area (Å²) >= 11 is 0. The molecule has 0 unspecified atom stereocenters. The first kappa shape index (κ1) is 27.4. The Bertz CT molecular complexity index is 2750. The zero-order valence-electron chi connectivity index (χ0n) is 29.1.